The summed E-state index contributed by atoms with van der Waals surface area (Å²) >= 11 is 3.31. The molecule has 0 unspecified atom stereocenters. The zero-order valence-corrected chi connectivity index (χ0v) is 9.41. The summed E-state index contributed by atoms with van der Waals surface area (Å²) in [5.74, 6) is -0.403. The van der Waals surface area contributed by atoms with E-state index in [2.05, 4.69) is 21.0 Å². The monoisotopic (exact) mass is 269 g/mol. The van der Waals surface area contributed by atoms with E-state index in [-0.39, 0.29) is 6.54 Å². The predicted octanol–water partition coefficient (Wildman–Crippen LogP) is 2.23. The van der Waals surface area contributed by atoms with Gasteiger partial charge in [-0.25, -0.2) is 4.68 Å². The Balaban J connectivity index is 2.45. The zero-order valence-electron chi connectivity index (χ0n) is 7.82. The molecule has 0 spiro atoms. The third-order valence-corrected chi connectivity index (χ3v) is 2.60. The highest BCUT2D eigenvalue weighted by Gasteiger charge is 2.09. The average molecular weight is 270 g/mol. The van der Waals surface area contributed by atoms with Gasteiger partial charge in [0, 0.05) is 16.6 Å². The summed E-state index contributed by atoms with van der Waals surface area (Å²) in [5.41, 5.74) is 6.46. The molecule has 1 aromatic heterocycles. The lowest BCUT2D eigenvalue weighted by molar-refractivity contribution is 0.526. The normalized spacial score (nSPS) is 10.6. The van der Waals surface area contributed by atoms with Crippen LogP contribution in [-0.4, -0.2) is 9.78 Å². The van der Waals surface area contributed by atoms with E-state index in [9.17, 15) is 4.39 Å². The fourth-order valence-electron chi connectivity index (χ4n) is 1.27. The molecule has 1 heterocycles. The Morgan fingerprint density at radius 2 is 2.00 bits per heavy atom. The van der Waals surface area contributed by atoms with E-state index in [1.165, 1.54) is 10.9 Å². The first kappa shape index (κ1) is 10.3. The number of nitrogens with zero attached hydrogens (tertiary/aromatic N) is 2. The average Bonchev–Trinajstić information content (AvgIpc) is 2.61. The van der Waals surface area contributed by atoms with Crippen molar-refractivity contribution in [1.82, 2.24) is 9.78 Å². The summed E-state index contributed by atoms with van der Waals surface area (Å²) in [6.45, 7) is 0.155. The van der Waals surface area contributed by atoms with E-state index in [4.69, 9.17) is 5.73 Å². The van der Waals surface area contributed by atoms with Crippen LogP contribution < -0.4 is 5.73 Å². The van der Waals surface area contributed by atoms with Crippen LogP contribution in [0.25, 0.3) is 5.69 Å². The second-order valence-electron chi connectivity index (χ2n) is 3.05. The molecule has 3 nitrogen and oxygen atoms in total. The predicted molar refractivity (Wildman–Crippen MR) is 59.1 cm³/mol. The van der Waals surface area contributed by atoms with E-state index >= 15 is 0 Å². The van der Waals surface area contributed by atoms with Gasteiger partial charge in [-0.2, -0.15) is 9.49 Å². The molecule has 78 valence electrons. The van der Waals surface area contributed by atoms with Gasteiger partial charge in [0.05, 0.1) is 11.9 Å². The van der Waals surface area contributed by atoms with Gasteiger partial charge in [0.25, 0.3) is 0 Å². The van der Waals surface area contributed by atoms with Gasteiger partial charge in [-0.15, -0.1) is 0 Å². The Hall–Kier alpha value is -1.20. The van der Waals surface area contributed by atoms with Crippen molar-refractivity contribution in [1.29, 1.82) is 0 Å². The number of hydrogen-bond acceptors (Lipinski definition) is 2. The first-order valence-electron chi connectivity index (χ1n) is 4.41. The molecule has 0 atom stereocenters. The van der Waals surface area contributed by atoms with Crippen LogP contribution in [0, 0.1) is 5.95 Å². The van der Waals surface area contributed by atoms with Crippen LogP contribution >= 0.6 is 15.9 Å². The third kappa shape index (κ3) is 1.93. The van der Waals surface area contributed by atoms with Crippen LogP contribution in [0.4, 0.5) is 4.39 Å². The molecule has 0 radical (unpaired) electrons. The fourth-order valence-corrected chi connectivity index (χ4v) is 1.53. The molecule has 0 aliphatic carbocycles. The lowest BCUT2D eigenvalue weighted by atomic mass is 10.3. The summed E-state index contributed by atoms with van der Waals surface area (Å²) in [5, 5.41) is 3.93. The SMILES string of the molecule is NCc1cnn(-c2ccc(Br)cc2)c1F. The molecule has 2 rings (SSSR count). The number of nitrogens with two attached hydrogens (primary N) is 1. The molecular formula is C10H9BrFN3. The molecule has 0 saturated heterocycles. The first-order valence-corrected chi connectivity index (χ1v) is 5.20. The van der Waals surface area contributed by atoms with Crippen LogP contribution in [0.15, 0.2) is 34.9 Å². The molecule has 5 heteroatoms. The maximum absolute atomic E-state index is 13.6. The van der Waals surface area contributed by atoms with Gasteiger partial charge in [-0.1, -0.05) is 15.9 Å². The van der Waals surface area contributed by atoms with Crippen LogP contribution in [0.1, 0.15) is 5.56 Å². The number of rotatable bonds is 2. The zero-order chi connectivity index (χ0) is 10.8. The molecule has 15 heavy (non-hydrogen) atoms. The minimum absolute atomic E-state index is 0.155. The molecule has 0 fully saturated rings. The third-order valence-electron chi connectivity index (χ3n) is 2.07. The molecule has 0 amide bonds. The van der Waals surface area contributed by atoms with Gasteiger partial charge in [0.1, 0.15) is 0 Å². The van der Waals surface area contributed by atoms with E-state index in [1.54, 1.807) is 12.1 Å². The van der Waals surface area contributed by atoms with Crippen molar-refractivity contribution in [2.24, 2.45) is 5.73 Å². The lowest BCUT2D eigenvalue weighted by Crippen LogP contribution is -2.02. The fraction of sp³-hybridized carbons (Fsp3) is 0.100. The molecule has 0 aliphatic rings. The first-order chi connectivity index (χ1) is 7.22. The van der Waals surface area contributed by atoms with E-state index in [0.717, 1.165) is 4.47 Å². The summed E-state index contributed by atoms with van der Waals surface area (Å²) in [4.78, 5) is 0. The second kappa shape index (κ2) is 4.12. The van der Waals surface area contributed by atoms with Gasteiger partial charge in [-0.05, 0) is 24.3 Å². The molecule has 2 N–H and O–H groups in total. The smallest absolute Gasteiger partial charge is 0.220 e. The minimum atomic E-state index is -0.403. The topological polar surface area (TPSA) is 43.8 Å². The maximum atomic E-state index is 13.6. The Kier molecular flexibility index (Phi) is 2.83. The van der Waals surface area contributed by atoms with Gasteiger partial charge >= 0.3 is 0 Å². The van der Waals surface area contributed by atoms with Crippen molar-refractivity contribution in [3.05, 3.63) is 46.4 Å². The van der Waals surface area contributed by atoms with Crippen molar-refractivity contribution in [2.75, 3.05) is 0 Å². The van der Waals surface area contributed by atoms with Crippen molar-refractivity contribution >= 4 is 15.9 Å². The second-order valence-corrected chi connectivity index (χ2v) is 3.97. The molecular weight excluding hydrogens is 261 g/mol. The molecule has 1 aromatic carbocycles. The van der Waals surface area contributed by atoms with E-state index < -0.39 is 5.95 Å². The Labute approximate surface area is 94.8 Å². The van der Waals surface area contributed by atoms with Gasteiger partial charge in [0.15, 0.2) is 0 Å². The maximum Gasteiger partial charge on any atom is 0.220 e. The Morgan fingerprint density at radius 3 is 2.53 bits per heavy atom. The Bertz CT molecular complexity index is 464. The van der Waals surface area contributed by atoms with Crippen molar-refractivity contribution in [3.8, 4) is 5.69 Å². The molecule has 0 saturated carbocycles. The number of halogens is 2. The van der Waals surface area contributed by atoms with E-state index in [0.29, 0.717) is 11.3 Å². The highest BCUT2D eigenvalue weighted by molar-refractivity contribution is 9.10. The van der Waals surface area contributed by atoms with E-state index in [1.807, 2.05) is 12.1 Å². The number of aromatic nitrogens is 2. The lowest BCUT2D eigenvalue weighted by Gasteiger charge is -2.02. The van der Waals surface area contributed by atoms with Crippen molar-refractivity contribution in [3.63, 3.8) is 0 Å². The van der Waals surface area contributed by atoms with Crippen LogP contribution in [0.5, 0.6) is 0 Å². The highest BCUT2D eigenvalue weighted by atomic mass is 79.9. The van der Waals surface area contributed by atoms with Crippen LogP contribution in [0.3, 0.4) is 0 Å². The van der Waals surface area contributed by atoms with Crippen LogP contribution in [0.2, 0.25) is 0 Å². The highest BCUT2D eigenvalue weighted by Crippen LogP contribution is 2.16. The largest absolute Gasteiger partial charge is 0.326 e. The molecule has 0 aliphatic heterocycles. The summed E-state index contributed by atoms with van der Waals surface area (Å²) in [7, 11) is 0. The van der Waals surface area contributed by atoms with Gasteiger partial charge in [-0.3, -0.25) is 0 Å². The van der Waals surface area contributed by atoms with Crippen LogP contribution in [-0.2, 0) is 6.54 Å². The summed E-state index contributed by atoms with van der Waals surface area (Å²) in [6.07, 6.45) is 1.44. The van der Waals surface area contributed by atoms with Crippen molar-refractivity contribution < 1.29 is 4.39 Å². The summed E-state index contributed by atoms with van der Waals surface area (Å²) < 4.78 is 15.8. The quantitative estimate of drug-likeness (QED) is 0.909. The standard InChI is InChI=1S/C10H9BrFN3/c11-8-1-3-9(4-2-8)15-10(12)7(5-13)6-14-15/h1-4,6H,5,13H2. The van der Waals surface area contributed by atoms with Gasteiger partial charge in [0.2, 0.25) is 5.95 Å². The number of benzene rings is 1. The minimum Gasteiger partial charge on any atom is -0.326 e. The number of hydrogen-bond donors (Lipinski definition) is 1. The molecule has 0 bridgehead atoms. The summed E-state index contributed by atoms with van der Waals surface area (Å²) in [6, 6.07) is 7.22. The molecule has 2 aromatic rings. The Morgan fingerprint density at radius 1 is 1.33 bits per heavy atom. The van der Waals surface area contributed by atoms with Gasteiger partial charge < -0.3 is 5.73 Å². The van der Waals surface area contributed by atoms with Crippen molar-refractivity contribution in [2.45, 2.75) is 6.54 Å².